The van der Waals surface area contributed by atoms with Gasteiger partial charge in [-0.05, 0) is 17.7 Å². The minimum Gasteiger partial charge on any atom is -0.497 e. The molecule has 0 atom stereocenters. The van der Waals surface area contributed by atoms with E-state index in [0.717, 1.165) is 22.7 Å². The fourth-order valence-corrected chi connectivity index (χ4v) is 2.39. The molecule has 0 aliphatic heterocycles. The second-order valence-corrected chi connectivity index (χ2v) is 5.48. The summed E-state index contributed by atoms with van der Waals surface area (Å²) in [4.78, 5) is 14.0. The molecular formula is C19H24N2O3. The summed E-state index contributed by atoms with van der Waals surface area (Å²) in [6.07, 6.45) is 0.406. The van der Waals surface area contributed by atoms with Crippen LogP contribution in [-0.2, 0) is 11.3 Å². The van der Waals surface area contributed by atoms with Gasteiger partial charge in [0.1, 0.15) is 11.5 Å². The normalized spacial score (nSPS) is 10.1. The standard InChI is InChI=1S/C19H24N2O3/c1-21(14-15-7-5-4-6-8-15)19(22)11-12-20-17-13-16(23-2)9-10-18(17)24-3/h4-10,13,20H,11-12,14H2,1-3H3. The number of nitrogens with zero attached hydrogens (tertiary/aromatic N) is 1. The van der Waals surface area contributed by atoms with Crippen LogP contribution in [0.3, 0.4) is 0 Å². The predicted molar refractivity (Wildman–Crippen MR) is 95.6 cm³/mol. The van der Waals surface area contributed by atoms with Crippen LogP contribution in [0, 0.1) is 0 Å². The smallest absolute Gasteiger partial charge is 0.224 e. The van der Waals surface area contributed by atoms with E-state index in [1.165, 1.54) is 0 Å². The molecule has 0 aromatic heterocycles. The summed E-state index contributed by atoms with van der Waals surface area (Å²) in [5.41, 5.74) is 1.94. The number of rotatable bonds is 8. The molecule has 0 spiro atoms. The Balaban J connectivity index is 1.86. The fraction of sp³-hybridized carbons (Fsp3) is 0.316. The second-order valence-electron chi connectivity index (χ2n) is 5.48. The average molecular weight is 328 g/mol. The molecule has 24 heavy (non-hydrogen) atoms. The van der Waals surface area contributed by atoms with Crippen molar-refractivity contribution in [2.45, 2.75) is 13.0 Å². The summed E-state index contributed by atoms with van der Waals surface area (Å²) >= 11 is 0. The number of carbonyl (C=O) groups excluding carboxylic acids is 1. The zero-order chi connectivity index (χ0) is 17.4. The van der Waals surface area contributed by atoms with Gasteiger partial charge in [-0.2, -0.15) is 0 Å². The van der Waals surface area contributed by atoms with Gasteiger partial charge in [-0.15, -0.1) is 0 Å². The third-order valence-electron chi connectivity index (χ3n) is 3.75. The van der Waals surface area contributed by atoms with Gasteiger partial charge < -0.3 is 19.7 Å². The third kappa shape index (κ3) is 4.91. The highest BCUT2D eigenvalue weighted by Gasteiger charge is 2.10. The van der Waals surface area contributed by atoms with E-state index in [-0.39, 0.29) is 5.91 Å². The Bertz CT molecular complexity index is 659. The zero-order valence-corrected chi connectivity index (χ0v) is 14.4. The Hall–Kier alpha value is -2.69. The molecular weight excluding hydrogens is 304 g/mol. The molecule has 1 N–H and O–H groups in total. The first-order valence-electron chi connectivity index (χ1n) is 7.88. The van der Waals surface area contributed by atoms with E-state index in [9.17, 15) is 4.79 Å². The van der Waals surface area contributed by atoms with Crippen molar-refractivity contribution in [3.8, 4) is 11.5 Å². The second kappa shape index (κ2) is 8.82. The number of benzene rings is 2. The lowest BCUT2D eigenvalue weighted by atomic mass is 10.2. The van der Waals surface area contributed by atoms with Gasteiger partial charge in [0.05, 0.1) is 19.9 Å². The number of amides is 1. The summed E-state index contributed by atoms with van der Waals surface area (Å²) in [6.45, 7) is 1.14. The summed E-state index contributed by atoms with van der Waals surface area (Å²) in [5.74, 6) is 1.56. The van der Waals surface area contributed by atoms with Crippen molar-refractivity contribution in [1.29, 1.82) is 0 Å². The number of hydrogen-bond donors (Lipinski definition) is 1. The Morgan fingerprint density at radius 3 is 2.50 bits per heavy atom. The average Bonchev–Trinajstić information content (AvgIpc) is 2.62. The fourth-order valence-electron chi connectivity index (χ4n) is 2.39. The van der Waals surface area contributed by atoms with Crippen LogP contribution in [-0.4, -0.2) is 38.6 Å². The van der Waals surface area contributed by atoms with Crippen molar-refractivity contribution in [3.63, 3.8) is 0 Å². The Labute approximate surface area is 143 Å². The van der Waals surface area contributed by atoms with E-state index in [1.54, 1.807) is 19.1 Å². The van der Waals surface area contributed by atoms with Gasteiger partial charge in [0.25, 0.3) is 0 Å². The van der Waals surface area contributed by atoms with E-state index in [4.69, 9.17) is 9.47 Å². The molecule has 0 bridgehead atoms. The van der Waals surface area contributed by atoms with E-state index < -0.39 is 0 Å². The number of hydrogen-bond acceptors (Lipinski definition) is 4. The molecule has 0 aliphatic carbocycles. The largest absolute Gasteiger partial charge is 0.497 e. The highest BCUT2D eigenvalue weighted by atomic mass is 16.5. The SMILES string of the molecule is COc1ccc(OC)c(NCCC(=O)N(C)Cc2ccccc2)c1. The van der Waals surface area contributed by atoms with Gasteiger partial charge in [-0.3, -0.25) is 4.79 Å². The highest BCUT2D eigenvalue weighted by Crippen LogP contribution is 2.28. The molecule has 0 fully saturated rings. The van der Waals surface area contributed by atoms with Crippen molar-refractivity contribution >= 4 is 11.6 Å². The predicted octanol–water partition coefficient (Wildman–Crippen LogP) is 3.16. The van der Waals surface area contributed by atoms with Gasteiger partial charge in [0.2, 0.25) is 5.91 Å². The van der Waals surface area contributed by atoms with Crippen molar-refractivity contribution in [1.82, 2.24) is 4.90 Å². The molecule has 2 aromatic carbocycles. The number of methoxy groups -OCH3 is 2. The molecule has 128 valence electrons. The number of ether oxygens (including phenoxy) is 2. The van der Waals surface area contributed by atoms with Gasteiger partial charge in [-0.25, -0.2) is 0 Å². The number of carbonyl (C=O) groups is 1. The van der Waals surface area contributed by atoms with Gasteiger partial charge in [0.15, 0.2) is 0 Å². The molecule has 5 heteroatoms. The Morgan fingerprint density at radius 2 is 1.83 bits per heavy atom. The Kier molecular flexibility index (Phi) is 6.49. The lowest BCUT2D eigenvalue weighted by Crippen LogP contribution is -2.27. The molecule has 0 heterocycles. The molecule has 0 saturated carbocycles. The lowest BCUT2D eigenvalue weighted by Gasteiger charge is -2.18. The van der Waals surface area contributed by atoms with Crippen LogP contribution in [0.2, 0.25) is 0 Å². The number of nitrogens with one attached hydrogen (secondary N) is 1. The van der Waals surface area contributed by atoms with Gasteiger partial charge >= 0.3 is 0 Å². The van der Waals surface area contributed by atoms with Crippen molar-refractivity contribution in [2.24, 2.45) is 0 Å². The zero-order valence-electron chi connectivity index (χ0n) is 14.4. The van der Waals surface area contributed by atoms with Gasteiger partial charge in [-0.1, -0.05) is 30.3 Å². The van der Waals surface area contributed by atoms with Crippen LogP contribution in [0.5, 0.6) is 11.5 Å². The van der Waals surface area contributed by atoms with Crippen LogP contribution in [0.4, 0.5) is 5.69 Å². The van der Waals surface area contributed by atoms with Gasteiger partial charge in [0, 0.05) is 32.6 Å². The molecule has 1 amide bonds. The molecule has 0 saturated heterocycles. The quantitative estimate of drug-likeness (QED) is 0.809. The first-order chi connectivity index (χ1) is 11.6. The van der Waals surface area contributed by atoms with Crippen LogP contribution >= 0.6 is 0 Å². The molecule has 2 aromatic rings. The monoisotopic (exact) mass is 328 g/mol. The molecule has 5 nitrogen and oxygen atoms in total. The maximum absolute atomic E-state index is 12.2. The highest BCUT2D eigenvalue weighted by molar-refractivity contribution is 5.76. The maximum atomic E-state index is 12.2. The van der Waals surface area contributed by atoms with Crippen LogP contribution in [0.1, 0.15) is 12.0 Å². The molecule has 0 radical (unpaired) electrons. The number of anilines is 1. The van der Waals surface area contributed by atoms with E-state index in [2.05, 4.69) is 5.32 Å². The van der Waals surface area contributed by atoms with Crippen molar-refractivity contribution in [2.75, 3.05) is 33.1 Å². The molecule has 0 unspecified atom stereocenters. The van der Waals surface area contributed by atoms with E-state index in [0.29, 0.717) is 19.5 Å². The molecule has 0 aliphatic rings. The van der Waals surface area contributed by atoms with E-state index >= 15 is 0 Å². The van der Waals surface area contributed by atoms with Crippen LogP contribution in [0.25, 0.3) is 0 Å². The van der Waals surface area contributed by atoms with E-state index in [1.807, 2.05) is 55.6 Å². The summed E-state index contributed by atoms with van der Waals surface area (Å²) in [7, 11) is 5.06. The van der Waals surface area contributed by atoms with Crippen LogP contribution in [0.15, 0.2) is 48.5 Å². The maximum Gasteiger partial charge on any atom is 0.224 e. The van der Waals surface area contributed by atoms with Crippen LogP contribution < -0.4 is 14.8 Å². The van der Waals surface area contributed by atoms with Crippen molar-refractivity contribution < 1.29 is 14.3 Å². The van der Waals surface area contributed by atoms with Crippen molar-refractivity contribution in [3.05, 3.63) is 54.1 Å². The molecule has 2 rings (SSSR count). The minimum absolute atomic E-state index is 0.0909. The Morgan fingerprint density at radius 1 is 1.08 bits per heavy atom. The third-order valence-corrected chi connectivity index (χ3v) is 3.75. The summed E-state index contributed by atoms with van der Waals surface area (Å²) < 4.78 is 10.5. The summed E-state index contributed by atoms with van der Waals surface area (Å²) in [6, 6.07) is 15.5. The first kappa shape index (κ1) is 17.7. The first-order valence-corrected chi connectivity index (χ1v) is 7.88. The topological polar surface area (TPSA) is 50.8 Å². The lowest BCUT2D eigenvalue weighted by molar-refractivity contribution is -0.130. The summed E-state index contributed by atoms with van der Waals surface area (Å²) in [5, 5.41) is 3.24. The minimum atomic E-state index is 0.0909.